The molecule has 0 aliphatic carbocycles. The lowest BCUT2D eigenvalue weighted by atomic mass is 9.99. The molecule has 1 fully saturated rings. The van der Waals surface area contributed by atoms with Crippen LogP contribution in [0.4, 0.5) is 0 Å². The van der Waals surface area contributed by atoms with E-state index in [1.807, 2.05) is 6.92 Å². The molecule has 1 saturated heterocycles. The minimum absolute atomic E-state index is 0.0884. The summed E-state index contributed by atoms with van der Waals surface area (Å²) in [6.45, 7) is 4.58. The van der Waals surface area contributed by atoms with E-state index in [1.165, 1.54) is 7.11 Å². The fourth-order valence-corrected chi connectivity index (χ4v) is 2.21. The van der Waals surface area contributed by atoms with Gasteiger partial charge in [-0.1, -0.05) is 12.1 Å². The molecule has 0 aromatic carbocycles. The summed E-state index contributed by atoms with van der Waals surface area (Å²) in [6.07, 6.45) is 0. The number of aryl methyl sites for hydroxylation is 1. The molecule has 0 N–H and O–H groups in total. The van der Waals surface area contributed by atoms with Crippen LogP contribution in [0.5, 0.6) is 0 Å². The van der Waals surface area contributed by atoms with E-state index in [4.69, 9.17) is 9.26 Å². The van der Waals surface area contributed by atoms with Crippen molar-refractivity contribution in [2.45, 2.75) is 13.8 Å². The average Bonchev–Trinajstić information content (AvgIpc) is 2.94. The van der Waals surface area contributed by atoms with Crippen LogP contribution < -0.4 is 0 Å². The van der Waals surface area contributed by atoms with Gasteiger partial charge in [0.15, 0.2) is 0 Å². The largest absolute Gasteiger partial charge is 0.469 e. The first-order valence-corrected chi connectivity index (χ1v) is 5.83. The second-order valence-corrected chi connectivity index (χ2v) is 4.65. The summed E-state index contributed by atoms with van der Waals surface area (Å²) < 4.78 is 9.67. The van der Waals surface area contributed by atoms with Gasteiger partial charge in [0, 0.05) is 19.2 Å². The van der Waals surface area contributed by atoms with Crippen LogP contribution in [0.15, 0.2) is 10.6 Å². The fraction of sp³-hybridized carbons (Fsp3) is 0.583. The van der Waals surface area contributed by atoms with E-state index < -0.39 is 0 Å². The summed E-state index contributed by atoms with van der Waals surface area (Å²) in [5, 5.41) is 3.68. The molecule has 0 saturated carbocycles. The van der Waals surface area contributed by atoms with Gasteiger partial charge in [0.25, 0.3) is 5.91 Å². The molecule has 0 spiro atoms. The molecule has 0 radical (unpaired) electrons. The van der Waals surface area contributed by atoms with E-state index in [0.717, 1.165) is 0 Å². The number of methoxy groups -OCH3 is 1. The van der Waals surface area contributed by atoms with Crippen molar-refractivity contribution in [3.8, 4) is 0 Å². The first-order chi connectivity index (χ1) is 8.52. The number of likely N-dealkylation sites (tertiary alicyclic amines) is 1. The maximum atomic E-state index is 12.1. The number of ether oxygens (including phenoxy) is 1. The zero-order valence-electron chi connectivity index (χ0n) is 10.7. The summed E-state index contributed by atoms with van der Waals surface area (Å²) in [4.78, 5) is 25.2. The summed E-state index contributed by atoms with van der Waals surface area (Å²) >= 11 is 0. The summed E-state index contributed by atoms with van der Waals surface area (Å²) in [5.41, 5.74) is 0.662. The lowest BCUT2D eigenvalue weighted by Crippen LogP contribution is -2.29. The monoisotopic (exact) mass is 252 g/mol. The van der Waals surface area contributed by atoms with Crippen LogP contribution in [0.25, 0.3) is 0 Å². The third kappa shape index (κ3) is 2.23. The number of rotatable bonds is 2. The van der Waals surface area contributed by atoms with E-state index in [0.29, 0.717) is 18.8 Å². The third-order valence-corrected chi connectivity index (χ3v) is 3.24. The fourth-order valence-electron chi connectivity index (χ4n) is 2.21. The molecular weight excluding hydrogens is 236 g/mol. The van der Waals surface area contributed by atoms with Crippen LogP contribution in [0, 0.1) is 18.8 Å². The Hall–Kier alpha value is -1.85. The Balaban J connectivity index is 2.08. The molecule has 18 heavy (non-hydrogen) atoms. The van der Waals surface area contributed by atoms with Gasteiger partial charge in [0.2, 0.25) is 5.76 Å². The van der Waals surface area contributed by atoms with Gasteiger partial charge >= 0.3 is 5.97 Å². The van der Waals surface area contributed by atoms with Gasteiger partial charge in [0.05, 0.1) is 18.7 Å². The molecule has 6 nitrogen and oxygen atoms in total. The zero-order valence-corrected chi connectivity index (χ0v) is 10.7. The van der Waals surface area contributed by atoms with Crippen LogP contribution in [0.2, 0.25) is 0 Å². The molecule has 98 valence electrons. The van der Waals surface area contributed by atoms with Crippen molar-refractivity contribution in [1.82, 2.24) is 10.1 Å². The molecule has 6 heteroatoms. The predicted molar refractivity (Wildman–Crippen MR) is 61.8 cm³/mol. The van der Waals surface area contributed by atoms with Crippen molar-refractivity contribution >= 4 is 11.9 Å². The number of hydrogen-bond donors (Lipinski definition) is 0. The number of carbonyl (C=O) groups is 2. The Labute approximate surface area is 105 Å². The number of amides is 1. The van der Waals surface area contributed by atoms with Crippen LogP contribution >= 0.6 is 0 Å². The highest BCUT2D eigenvalue weighted by molar-refractivity contribution is 5.92. The van der Waals surface area contributed by atoms with Gasteiger partial charge in [-0.15, -0.1) is 0 Å². The SMILES string of the molecule is COC(=O)C1CN(C(=O)c2cc(C)no2)CC1C. The number of nitrogens with zero attached hydrogens (tertiary/aromatic N) is 2. The Morgan fingerprint density at radius 3 is 2.78 bits per heavy atom. The van der Waals surface area contributed by atoms with Crippen molar-refractivity contribution < 1.29 is 18.8 Å². The number of hydrogen-bond acceptors (Lipinski definition) is 5. The van der Waals surface area contributed by atoms with Crippen molar-refractivity contribution in [3.05, 3.63) is 17.5 Å². The first kappa shape index (κ1) is 12.6. The number of carbonyl (C=O) groups excluding carboxylic acids is 2. The van der Waals surface area contributed by atoms with E-state index in [1.54, 1.807) is 17.9 Å². The Kier molecular flexibility index (Phi) is 3.36. The molecule has 1 aliphatic heterocycles. The van der Waals surface area contributed by atoms with Crippen molar-refractivity contribution in [2.75, 3.05) is 20.2 Å². The van der Waals surface area contributed by atoms with E-state index >= 15 is 0 Å². The summed E-state index contributed by atoms with van der Waals surface area (Å²) in [6, 6.07) is 1.60. The number of aromatic nitrogens is 1. The van der Waals surface area contributed by atoms with Crippen LogP contribution in [-0.4, -0.2) is 42.1 Å². The van der Waals surface area contributed by atoms with Crippen molar-refractivity contribution in [1.29, 1.82) is 0 Å². The van der Waals surface area contributed by atoms with Crippen molar-refractivity contribution in [3.63, 3.8) is 0 Å². The normalized spacial score (nSPS) is 23.2. The molecule has 0 bridgehead atoms. The van der Waals surface area contributed by atoms with Gasteiger partial charge in [-0.05, 0) is 12.8 Å². The first-order valence-electron chi connectivity index (χ1n) is 5.83. The Morgan fingerprint density at radius 1 is 1.50 bits per heavy atom. The molecule has 2 unspecified atom stereocenters. The van der Waals surface area contributed by atoms with Crippen LogP contribution in [0.3, 0.4) is 0 Å². The number of esters is 1. The lowest BCUT2D eigenvalue weighted by Gasteiger charge is -2.13. The minimum Gasteiger partial charge on any atom is -0.469 e. The summed E-state index contributed by atoms with van der Waals surface area (Å²) in [7, 11) is 1.36. The molecule has 1 aliphatic rings. The molecule has 2 rings (SSSR count). The highest BCUT2D eigenvalue weighted by Gasteiger charge is 2.38. The van der Waals surface area contributed by atoms with Gasteiger partial charge < -0.3 is 14.2 Å². The van der Waals surface area contributed by atoms with Gasteiger partial charge in [-0.3, -0.25) is 9.59 Å². The molecule has 2 atom stereocenters. The lowest BCUT2D eigenvalue weighted by molar-refractivity contribution is -0.146. The minimum atomic E-state index is -0.272. The van der Waals surface area contributed by atoms with Crippen LogP contribution in [0.1, 0.15) is 23.2 Å². The highest BCUT2D eigenvalue weighted by atomic mass is 16.5. The Bertz CT molecular complexity index is 468. The topological polar surface area (TPSA) is 72.6 Å². The zero-order chi connectivity index (χ0) is 13.3. The third-order valence-electron chi connectivity index (χ3n) is 3.24. The molecule has 1 amide bonds. The van der Waals surface area contributed by atoms with Gasteiger partial charge in [0.1, 0.15) is 0 Å². The standard InChI is InChI=1S/C12H16N2O4/c1-7-5-14(6-9(7)12(16)17-3)11(15)10-4-8(2)13-18-10/h4,7,9H,5-6H2,1-3H3. The maximum Gasteiger partial charge on any atom is 0.310 e. The molecular formula is C12H16N2O4. The summed E-state index contributed by atoms with van der Waals surface area (Å²) in [5.74, 6) is -0.459. The van der Waals surface area contributed by atoms with Crippen molar-refractivity contribution in [2.24, 2.45) is 11.8 Å². The second-order valence-electron chi connectivity index (χ2n) is 4.65. The molecule has 2 heterocycles. The quantitative estimate of drug-likeness (QED) is 0.730. The molecule has 1 aromatic heterocycles. The smallest absolute Gasteiger partial charge is 0.310 e. The predicted octanol–water partition coefficient (Wildman–Crippen LogP) is 0.864. The molecule has 1 aromatic rings. The second kappa shape index (κ2) is 4.80. The van der Waals surface area contributed by atoms with Gasteiger partial charge in [-0.25, -0.2) is 0 Å². The Morgan fingerprint density at radius 2 is 2.22 bits per heavy atom. The highest BCUT2D eigenvalue weighted by Crippen LogP contribution is 2.25. The van der Waals surface area contributed by atoms with Gasteiger partial charge in [-0.2, -0.15) is 0 Å². The van der Waals surface area contributed by atoms with E-state index in [9.17, 15) is 9.59 Å². The van der Waals surface area contributed by atoms with Crippen LogP contribution in [-0.2, 0) is 9.53 Å². The van der Waals surface area contributed by atoms with E-state index in [2.05, 4.69) is 5.16 Å². The van der Waals surface area contributed by atoms with E-state index in [-0.39, 0.29) is 29.5 Å². The average molecular weight is 252 g/mol. The maximum absolute atomic E-state index is 12.1.